The van der Waals surface area contributed by atoms with E-state index in [0.29, 0.717) is 24.9 Å². The van der Waals surface area contributed by atoms with E-state index in [-0.39, 0.29) is 5.91 Å². The number of thioether (sulfide) groups is 1. The van der Waals surface area contributed by atoms with Gasteiger partial charge >= 0.3 is 0 Å². The molecule has 2 unspecified atom stereocenters. The fourth-order valence-electron chi connectivity index (χ4n) is 2.69. The van der Waals surface area contributed by atoms with Gasteiger partial charge in [0.25, 0.3) is 0 Å². The van der Waals surface area contributed by atoms with Crippen LogP contribution in [-0.2, 0) is 4.79 Å². The topological polar surface area (TPSA) is 46.3 Å². The summed E-state index contributed by atoms with van der Waals surface area (Å²) in [7, 11) is 0. The molecule has 0 bridgehead atoms. The van der Waals surface area contributed by atoms with E-state index in [1.807, 2.05) is 4.90 Å². The van der Waals surface area contributed by atoms with Gasteiger partial charge in [-0.15, -0.1) is 11.8 Å². The van der Waals surface area contributed by atoms with Gasteiger partial charge in [-0.05, 0) is 44.9 Å². The Morgan fingerprint density at radius 1 is 1.40 bits per heavy atom. The minimum absolute atomic E-state index is 0.271. The lowest BCUT2D eigenvalue weighted by atomic mass is 10.1. The lowest BCUT2D eigenvalue weighted by Gasteiger charge is -2.21. The van der Waals surface area contributed by atoms with E-state index in [9.17, 15) is 4.79 Å². The first-order chi connectivity index (χ1) is 9.60. The number of aryl methyl sites for hydroxylation is 1. The maximum absolute atomic E-state index is 12.2. The maximum atomic E-state index is 12.2. The van der Waals surface area contributed by atoms with Crippen LogP contribution >= 0.6 is 11.8 Å². The Bertz CT molecular complexity index is 446. The van der Waals surface area contributed by atoms with Crippen molar-refractivity contribution in [2.45, 2.75) is 37.6 Å². The fourth-order valence-corrected chi connectivity index (χ4v) is 3.54. The molecule has 2 N–H and O–H groups in total. The van der Waals surface area contributed by atoms with E-state index in [0.717, 1.165) is 18.7 Å². The highest BCUT2D eigenvalue weighted by atomic mass is 32.2. The van der Waals surface area contributed by atoms with Gasteiger partial charge in [-0.3, -0.25) is 4.79 Å². The number of carbonyl (C=O) groups excluding carboxylic acids is 1. The first-order valence-electron chi connectivity index (χ1n) is 7.29. The molecule has 3 nitrogen and oxygen atoms in total. The Kier molecular flexibility index (Phi) is 5.49. The normalized spacial score (nSPS) is 22.2. The number of amides is 1. The molecule has 1 fully saturated rings. The van der Waals surface area contributed by atoms with Gasteiger partial charge in [-0.1, -0.05) is 17.7 Å². The number of carbonyl (C=O) groups is 1. The van der Waals surface area contributed by atoms with Crippen LogP contribution in [0.2, 0.25) is 0 Å². The molecule has 1 amide bonds. The average molecular weight is 292 g/mol. The molecular formula is C16H24N2OS. The molecule has 1 saturated heterocycles. The summed E-state index contributed by atoms with van der Waals surface area (Å²) >= 11 is 1.75. The van der Waals surface area contributed by atoms with Crippen LogP contribution < -0.4 is 5.73 Å². The first-order valence-corrected chi connectivity index (χ1v) is 8.27. The summed E-state index contributed by atoms with van der Waals surface area (Å²) in [5.74, 6) is 1.60. The quantitative estimate of drug-likeness (QED) is 0.849. The molecule has 1 aromatic carbocycles. The number of hydrogen-bond donors (Lipinski definition) is 1. The largest absolute Gasteiger partial charge is 0.340 e. The van der Waals surface area contributed by atoms with Crippen LogP contribution in [0.25, 0.3) is 0 Å². The Hall–Kier alpha value is -1.00. The zero-order valence-corrected chi connectivity index (χ0v) is 13.2. The number of hydrogen-bond acceptors (Lipinski definition) is 3. The van der Waals surface area contributed by atoms with E-state index in [1.165, 1.54) is 10.5 Å². The summed E-state index contributed by atoms with van der Waals surface area (Å²) in [5.41, 5.74) is 6.97. The Balaban J connectivity index is 1.76. The van der Waals surface area contributed by atoms with Crippen molar-refractivity contribution in [2.75, 3.05) is 18.8 Å². The molecule has 0 aromatic heterocycles. The van der Waals surface area contributed by atoms with Crippen LogP contribution in [0, 0.1) is 12.8 Å². The van der Waals surface area contributed by atoms with Crippen molar-refractivity contribution in [1.82, 2.24) is 4.90 Å². The summed E-state index contributed by atoms with van der Waals surface area (Å²) in [6, 6.07) is 8.80. The van der Waals surface area contributed by atoms with Crippen molar-refractivity contribution in [3.8, 4) is 0 Å². The third-order valence-corrected chi connectivity index (χ3v) is 4.93. The van der Waals surface area contributed by atoms with Crippen molar-refractivity contribution in [1.29, 1.82) is 0 Å². The maximum Gasteiger partial charge on any atom is 0.223 e. The van der Waals surface area contributed by atoms with E-state index >= 15 is 0 Å². The van der Waals surface area contributed by atoms with Crippen LogP contribution in [0.1, 0.15) is 25.3 Å². The summed E-state index contributed by atoms with van der Waals surface area (Å²) in [4.78, 5) is 15.5. The second-order valence-corrected chi connectivity index (χ2v) is 6.81. The van der Waals surface area contributed by atoms with Crippen molar-refractivity contribution < 1.29 is 4.79 Å². The molecule has 0 saturated carbocycles. The van der Waals surface area contributed by atoms with Crippen molar-refractivity contribution >= 4 is 17.7 Å². The monoisotopic (exact) mass is 292 g/mol. The van der Waals surface area contributed by atoms with Crippen LogP contribution in [0.4, 0.5) is 0 Å². The van der Waals surface area contributed by atoms with E-state index < -0.39 is 0 Å². The lowest BCUT2D eigenvalue weighted by molar-refractivity contribution is -0.131. The van der Waals surface area contributed by atoms with Gasteiger partial charge in [0.1, 0.15) is 0 Å². The van der Waals surface area contributed by atoms with Crippen molar-refractivity contribution in [3.63, 3.8) is 0 Å². The highest BCUT2D eigenvalue weighted by Gasteiger charge is 2.30. The predicted molar refractivity (Wildman–Crippen MR) is 84.9 cm³/mol. The van der Waals surface area contributed by atoms with E-state index in [4.69, 9.17) is 5.73 Å². The lowest BCUT2D eigenvalue weighted by Crippen LogP contribution is -2.34. The summed E-state index contributed by atoms with van der Waals surface area (Å²) in [6.45, 7) is 5.74. The van der Waals surface area contributed by atoms with E-state index in [1.54, 1.807) is 11.8 Å². The molecule has 2 rings (SSSR count). The zero-order valence-electron chi connectivity index (χ0n) is 12.3. The van der Waals surface area contributed by atoms with E-state index in [2.05, 4.69) is 38.1 Å². The van der Waals surface area contributed by atoms with Gasteiger partial charge in [-0.2, -0.15) is 0 Å². The molecular weight excluding hydrogens is 268 g/mol. The van der Waals surface area contributed by atoms with Crippen LogP contribution in [-0.4, -0.2) is 35.7 Å². The number of rotatable bonds is 5. The van der Waals surface area contributed by atoms with Crippen molar-refractivity contribution in [3.05, 3.63) is 29.8 Å². The summed E-state index contributed by atoms with van der Waals surface area (Å²) in [5, 5.41) is 0. The third kappa shape index (κ3) is 4.00. The molecule has 1 aromatic rings. The van der Waals surface area contributed by atoms with Gasteiger partial charge < -0.3 is 10.6 Å². The summed E-state index contributed by atoms with van der Waals surface area (Å²) < 4.78 is 0. The Morgan fingerprint density at radius 3 is 2.70 bits per heavy atom. The number of nitrogens with two attached hydrogens (primary N) is 1. The molecule has 4 heteroatoms. The minimum atomic E-state index is 0.271. The SMILES string of the molecule is Cc1ccc(SCCC(=O)N2CC(CN)CC2C)cc1. The third-order valence-electron chi connectivity index (χ3n) is 3.92. The van der Waals surface area contributed by atoms with Crippen LogP contribution in [0.3, 0.4) is 0 Å². The minimum Gasteiger partial charge on any atom is -0.340 e. The van der Waals surface area contributed by atoms with Crippen LogP contribution in [0.15, 0.2) is 29.2 Å². The molecule has 0 aliphatic carbocycles. The van der Waals surface area contributed by atoms with Gasteiger partial charge in [0.2, 0.25) is 5.91 Å². The number of benzene rings is 1. The smallest absolute Gasteiger partial charge is 0.223 e. The second kappa shape index (κ2) is 7.14. The first kappa shape index (κ1) is 15.4. The highest BCUT2D eigenvalue weighted by Crippen LogP contribution is 2.24. The highest BCUT2D eigenvalue weighted by molar-refractivity contribution is 7.99. The van der Waals surface area contributed by atoms with Gasteiger partial charge in [0.05, 0.1) is 0 Å². The van der Waals surface area contributed by atoms with Gasteiger partial charge in [0.15, 0.2) is 0 Å². The van der Waals surface area contributed by atoms with Gasteiger partial charge in [-0.25, -0.2) is 0 Å². The van der Waals surface area contributed by atoms with Crippen LogP contribution in [0.5, 0.6) is 0 Å². The number of nitrogens with zero attached hydrogens (tertiary/aromatic N) is 1. The zero-order chi connectivity index (χ0) is 14.5. The van der Waals surface area contributed by atoms with Crippen molar-refractivity contribution in [2.24, 2.45) is 11.7 Å². The molecule has 110 valence electrons. The molecule has 1 heterocycles. The second-order valence-electron chi connectivity index (χ2n) is 5.64. The number of likely N-dealkylation sites (tertiary alicyclic amines) is 1. The molecule has 2 atom stereocenters. The standard InChI is InChI=1S/C16H24N2OS/c1-12-3-5-15(6-4-12)20-8-7-16(19)18-11-14(10-17)9-13(18)2/h3-6,13-14H,7-11,17H2,1-2H3. The molecule has 1 aliphatic rings. The summed E-state index contributed by atoms with van der Waals surface area (Å²) in [6.07, 6.45) is 1.66. The predicted octanol–water partition coefficient (Wildman–Crippen LogP) is 2.67. The van der Waals surface area contributed by atoms with Gasteiger partial charge in [0, 0.05) is 29.7 Å². The fraction of sp³-hybridized carbons (Fsp3) is 0.562. The molecule has 20 heavy (non-hydrogen) atoms. The molecule has 1 aliphatic heterocycles. The Morgan fingerprint density at radius 2 is 2.10 bits per heavy atom. The average Bonchev–Trinajstić information content (AvgIpc) is 2.82. The Labute approximate surface area is 125 Å². The molecule has 0 spiro atoms. The molecule has 0 radical (unpaired) electrons.